The van der Waals surface area contributed by atoms with Gasteiger partial charge in [-0.2, -0.15) is 0 Å². The van der Waals surface area contributed by atoms with E-state index >= 15 is 0 Å². The molecular weight excluding hydrogens is 524 g/mol. The molecule has 0 saturated carbocycles. The average molecular weight is 575 g/mol. The van der Waals surface area contributed by atoms with E-state index in [-0.39, 0.29) is 17.8 Å². The van der Waals surface area contributed by atoms with Crippen molar-refractivity contribution in [2.45, 2.75) is 91.3 Å². The second kappa shape index (κ2) is 15.0. The van der Waals surface area contributed by atoms with Crippen molar-refractivity contribution in [3.8, 4) is 33.8 Å². The summed E-state index contributed by atoms with van der Waals surface area (Å²) in [6, 6.07) is 21.3. The SMILES string of the molecule is CCCCCCCc1ccc(-c2ccc(-c3cc(O)c(OCC4(CC)COC(C)(C)OC4)c(CCCO)c3)cc2)cc1. The molecule has 0 aromatic heterocycles. The minimum atomic E-state index is -0.596. The van der Waals surface area contributed by atoms with Crippen molar-refractivity contribution in [2.24, 2.45) is 5.41 Å². The van der Waals surface area contributed by atoms with Crippen molar-refractivity contribution >= 4 is 0 Å². The number of unbranched alkanes of at least 4 members (excludes halogenated alkanes) is 4. The fourth-order valence-electron chi connectivity index (χ4n) is 5.46. The lowest BCUT2D eigenvalue weighted by Gasteiger charge is -2.42. The number of aliphatic hydroxyl groups is 1. The van der Waals surface area contributed by atoms with Crippen molar-refractivity contribution in [1.82, 2.24) is 0 Å². The Morgan fingerprint density at radius 3 is 1.93 bits per heavy atom. The summed E-state index contributed by atoms with van der Waals surface area (Å²) in [6.07, 6.45) is 9.69. The summed E-state index contributed by atoms with van der Waals surface area (Å²) in [5.41, 5.74) is 6.33. The average Bonchev–Trinajstić information content (AvgIpc) is 3.00. The third kappa shape index (κ3) is 8.59. The largest absolute Gasteiger partial charge is 0.504 e. The predicted octanol–water partition coefficient (Wildman–Crippen LogP) is 8.72. The molecule has 0 aliphatic carbocycles. The summed E-state index contributed by atoms with van der Waals surface area (Å²) in [5.74, 6) is -0.00708. The van der Waals surface area contributed by atoms with Gasteiger partial charge in [0.2, 0.25) is 0 Å². The lowest BCUT2D eigenvalue weighted by molar-refractivity contribution is -0.289. The Hall–Kier alpha value is -2.86. The highest BCUT2D eigenvalue weighted by Gasteiger charge is 2.40. The maximum Gasteiger partial charge on any atom is 0.164 e. The first-order chi connectivity index (χ1) is 20.3. The van der Waals surface area contributed by atoms with Crippen LogP contribution in [0.25, 0.3) is 22.3 Å². The number of rotatable bonds is 15. The van der Waals surface area contributed by atoms with Gasteiger partial charge in [-0.05, 0) is 91.5 Å². The molecule has 0 unspecified atom stereocenters. The number of aromatic hydroxyl groups is 1. The van der Waals surface area contributed by atoms with E-state index in [9.17, 15) is 10.2 Å². The third-order valence-corrected chi connectivity index (χ3v) is 8.55. The monoisotopic (exact) mass is 574 g/mol. The van der Waals surface area contributed by atoms with Crippen molar-refractivity contribution in [2.75, 3.05) is 26.4 Å². The number of benzene rings is 3. The van der Waals surface area contributed by atoms with Crippen LogP contribution in [0.3, 0.4) is 0 Å². The molecule has 1 fully saturated rings. The topological polar surface area (TPSA) is 68.2 Å². The first-order valence-corrected chi connectivity index (χ1v) is 15.9. The summed E-state index contributed by atoms with van der Waals surface area (Å²) >= 11 is 0. The van der Waals surface area contributed by atoms with Crippen LogP contribution in [0.5, 0.6) is 11.5 Å². The highest BCUT2D eigenvalue weighted by atomic mass is 16.7. The zero-order valence-electron chi connectivity index (χ0n) is 26.1. The number of hydrogen-bond donors (Lipinski definition) is 2. The van der Waals surface area contributed by atoms with Gasteiger partial charge in [-0.25, -0.2) is 0 Å². The van der Waals surface area contributed by atoms with E-state index in [1.807, 2.05) is 13.8 Å². The van der Waals surface area contributed by atoms with E-state index in [2.05, 4.69) is 68.4 Å². The molecule has 0 amide bonds. The molecule has 0 atom stereocenters. The van der Waals surface area contributed by atoms with Gasteiger partial charge in [0.05, 0.1) is 25.2 Å². The maximum atomic E-state index is 11.1. The summed E-state index contributed by atoms with van der Waals surface area (Å²) in [4.78, 5) is 0. The van der Waals surface area contributed by atoms with E-state index < -0.39 is 5.79 Å². The molecule has 1 heterocycles. The van der Waals surface area contributed by atoms with E-state index in [0.717, 1.165) is 29.5 Å². The molecule has 0 radical (unpaired) electrons. The smallest absolute Gasteiger partial charge is 0.164 e. The van der Waals surface area contributed by atoms with Crippen LogP contribution in [0.4, 0.5) is 0 Å². The van der Waals surface area contributed by atoms with Crippen LogP contribution < -0.4 is 4.74 Å². The molecular formula is C37H50O5. The second-order valence-electron chi connectivity index (χ2n) is 12.4. The molecule has 5 heteroatoms. The number of aryl methyl sites for hydroxylation is 2. The van der Waals surface area contributed by atoms with Gasteiger partial charge in [0.25, 0.3) is 0 Å². The summed E-state index contributed by atoms with van der Waals surface area (Å²) in [5, 5.41) is 20.6. The highest BCUT2D eigenvalue weighted by Crippen LogP contribution is 2.40. The van der Waals surface area contributed by atoms with Crippen LogP contribution in [-0.2, 0) is 22.3 Å². The quantitative estimate of drug-likeness (QED) is 0.178. The fourth-order valence-corrected chi connectivity index (χ4v) is 5.46. The molecule has 5 nitrogen and oxygen atoms in total. The maximum absolute atomic E-state index is 11.1. The van der Waals surface area contributed by atoms with E-state index in [1.165, 1.54) is 48.8 Å². The Morgan fingerprint density at radius 2 is 1.33 bits per heavy atom. The van der Waals surface area contributed by atoms with Crippen LogP contribution in [0, 0.1) is 5.41 Å². The Labute approximate surface area is 252 Å². The molecule has 228 valence electrons. The number of hydrogen-bond acceptors (Lipinski definition) is 5. The van der Waals surface area contributed by atoms with Crippen LogP contribution in [0.1, 0.15) is 83.8 Å². The number of aliphatic hydroxyl groups excluding tert-OH is 1. The zero-order valence-corrected chi connectivity index (χ0v) is 26.1. The van der Waals surface area contributed by atoms with Gasteiger partial charge in [0.1, 0.15) is 0 Å². The van der Waals surface area contributed by atoms with Gasteiger partial charge in [-0.3, -0.25) is 0 Å². The number of ether oxygens (including phenoxy) is 3. The van der Waals surface area contributed by atoms with Gasteiger partial charge < -0.3 is 24.4 Å². The van der Waals surface area contributed by atoms with Crippen molar-refractivity contribution < 1.29 is 24.4 Å². The summed E-state index contributed by atoms with van der Waals surface area (Å²) in [6.45, 7) is 9.73. The van der Waals surface area contributed by atoms with Gasteiger partial charge in [0, 0.05) is 6.61 Å². The van der Waals surface area contributed by atoms with E-state index in [0.29, 0.717) is 38.4 Å². The fraction of sp³-hybridized carbons (Fsp3) is 0.514. The molecule has 0 bridgehead atoms. The molecule has 1 aliphatic rings. The van der Waals surface area contributed by atoms with Gasteiger partial charge >= 0.3 is 0 Å². The van der Waals surface area contributed by atoms with E-state index in [4.69, 9.17) is 14.2 Å². The van der Waals surface area contributed by atoms with Crippen molar-refractivity contribution in [1.29, 1.82) is 0 Å². The lowest BCUT2D eigenvalue weighted by Crippen LogP contribution is -2.49. The Kier molecular flexibility index (Phi) is 11.5. The summed E-state index contributed by atoms with van der Waals surface area (Å²) < 4.78 is 18.2. The molecule has 3 aromatic rings. The second-order valence-corrected chi connectivity index (χ2v) is 12.4. The van der Waals surface area contributed by atoms with E-state index in [1.54, 1.807) is 6.07 Å². The Bertz CT molecular complexity index is 1240. The van der Waals surface area contributed by atoms with Gasteiger partial charge in [-0.1, -0.05) is 88.1 Å². The number of phenols is 1. The number of phenolic OH excluding ortho intramolecular Hbond substituents is 1. The first-order valence-electron chi connectivity index (χ1n) is 15.9. The zero-order chi connectivity index (χ0) is 30.0. The normalized spacial score (nSPS) is 15.9. The van der Waals surface area contributed by atoms with Crippen molar-refractivity contribution in [3.05, 3.63) is 71.8 Å². The lowest BCUT2D eigenvalue weighted by atomic mass is 9.87. The standard InChI is InChI=1S/C37H50O5/c1-5-7-8-9-10-12-28-14-16-29(17-15-28)30-18-20-31(21-19-30)33-23-32(13-11-22-38)35(34(39)24-33)40-25-37(6-2)26-41-36(3,4)42-27-37/h14-21,23-24,38-39H,5-13,22,25-27H2,1-4H3. The summed E-state index contributed by atoms with van der Waals surface area (Å²) in [7, 11) is 0. The minimum absolute atomic E-state index is 0.0758. The van der Waals surface area contributed by atoms with Crippen LogP contribution >= 0.6 is 0 Å². The molecule has 42 heavy (non-hydrogen) atoms. The van der Waals surface area contributed by atoms with Crippen LogP contribution in [0.2, 0.25) is 0 Å². The third-order valence-electron chi connectivity index (χ3n) is 8.55. The van der Waals surface area contributed by atoms with Crippen molar-refractivity contribution in [3.63, 3.8) is 0 Å². The van der Waals surface area contributed by atoms with Crippen LogP contribution in [-0.4, -0.2) is 42.4 Å². The molecule has 4 rings (SSSR count). The predicted molar refractivity (Wildman–Crippen MR) is 171 cm³/mol. The molecule has 0 spiro atoms. The highest BCUT2D eigenvalue weighted by molar-refractivity contribution is 5.73. The Morgan fingerprint density at radius 1 is 0.738 bits per heavy atom. The molecule has 2 N–H and O–H groups in total. The van der Waals surface area contributed by atoms with Gasteiger partial charge in [-0.15, -0.1) is 0 Å². The minimum Gasteiger partial charge on any atom is -0.504 e. The van der Waals surface area contributed by atoms with Crippen LogP contribution in [0.15, 0.2) is 60.7 Å². The molecule has 1 saturated heterocycles. The van der Waals surface area contributed by atoms with Gasteiger partial charge in [0.15, 0.2) is 17.3 Å². The molecule has 1 aliphatic heterocycles. The first kappa shape index (κ1) is 32.1. The molecule has 3 aromatic carbocycles. The Balaban J connectivity index is 1.46.